The fraction of sp³-hybridized carbons (Fsp3) is 0.129. The lowest BCUT2D eigenvalue weighted by Gasteiger charge is -2.12. The second kappa shape index (κ2) is 11.8. The standard InChI is InChI=1S/C31H28O5/c1-33-29-17-10-22(9-16-28(32)25-13-18-30(34-2)31(20-25)35-3)19-26(29)21-36-27-14-11-24(12-15-27)23-7-5-4-6-8-23/h4-20H,21H2,1-3H3/b16-9+. The van der Waals surface area contributed by atoms with Gasteiger partial charge in [0.25, 0.3) is 0 Å². The van der Waals surface area contributed by atoms with E-state index in [1.54, 1.807) is 45.6 Å². The molecule has 0 saturated heterocycles. The van der Waals surface area contributed by atoms with Crippen LogP contribution in [-0.2, 0) is 6.61 Å². The number of ether oxygens (including phenoxy) is 4. The zero-order chi connectivity index (χ0) is 25.3. The summed E-state index contributed by atoms with van der Waals surface area (Å²) in [6, 6.07) is 29.0. The first-order chi connectivity index (χ1) is 17.6. The molecule has 0 radical (unpaired) electrons. The molecule has 4 rings (SSSR count). The molecule has 182 valence electrons. The second-order valence-corrected chi connectivity index (χ2v) is 8.02. The van der Waals surface area contributed by atoms with E-state index in [2.05, 4.69) is 12.1 Å². The molecule has 0 aliphatic rings. The van der Waals surface area contributed by atoms with Gasteiger partial charge in [0.2, 0.25) is 0 Å². The van der Waals surface area contributed by atoms with Crippen LogP contribution in [0.1, 0.15) is 21.5 Å². The highest BCUT2D eigenvalue weighted by Crippen LogP contribution is 2.28. The van der Waals surface area contributed by atoms with Crippen molar-refractivity contribution in [3.8, 4) is 34.1 Å². The Morgan fingerprint density at radius 1 is 0.694 bits per heavy atom. The average Bonchev–Trinajstić information content (AvgIpc) is 2.95. The Labute approximate surface area is 211 Å². The van der Waals surface area contributed by atoms with Gasteiger partial charge in [-0.05, 0) is 65.2 Å². The van der Waals surface area contributed by atoms with E-state index >= 15 is 0 Å². The third kappa shape index (κ3) is 5.94. The minimum absolute atomic E-state index is 0.136. The minimum atomic E-state index is -0.136. The molecule has 0 aliphatic heterocycles. The van der Waals surface area contributed by atoms with Crippen molar-refractivity contribution in [3.63, 3.8) is 0 Å². The van der Waals surface area contributed by atoms with Gasteiger partial charge in [0.05, 0.1) is 21.3 Å². The second-order valence-electron chi connectivity index (χ2n) is 8.02. The molecular weight excluding hydrogens is 452 g/mol. The van der Waals surface area contributed by atoms with Gasteiger partial charge in [-0.25, -0.2) is 0 Å². The van der Waals surface area contributed by atoms with Crippen molar-refractivity contribution in [2.24, 2.45) is 0 Å². The number of hydrogen-bond acceptors (Lipinski definition) is 5. The molecule has 0 amide bonds. The molecule has 0 fully saturated rings. The van der Waals surface area contributed by atoms with Gasteiger partial charge in [-0.2, -0.15) is 0 Å². The number of benzene rings is 4. The molecule has 0 aromatic heterocycles. The lowest BCUT2D eigenvalue weighted by molar-refractivity contribution is 0.104. The number of allylic oxidation sites excluding steroid dienone is 1. The van der Waals surface area contributed by atoms with Gasteiger partial charge in [-0.15, -0.1) is 0 Å². The van der Waals surface area contributed by atoms with Crippen molar-refractivity contribution in [2.75, 3.05) is 21.3 Å². The van der Waals surface area contributed by atoms with Gasteiger partial charge in [-0.3, -0.25) is 4.79 Å². The summed E-state index contributed by atoms with van der Waals surface area (Å²) in [5.41, 5.74) is 4.55. The van der Waals surface area contributed by atoms with Crippen molar-refractivity contribution in [3.05, 3.63) is 114 Å². The molecule has 0 N–H and O–H groups in total. The Bertz CT molecular complexity index is 1340. The third-order valence-corrected chi connectivity index (χ3v) is 5.76. The summed E-state index contributed by atoms with van der Waals surface area (Å²) < 4.78 is 22.1. The van der Waals surface area contributed by atoms with Crippen LogP contribution in [-0.4, -0.2) is 27.1 Å². The van der Waals surface area contributed by atoms with E-state index in [1.165, 1.54) is 6.08 Å². The summed E-state index contributed by atoms with van der Waals surface area (Å²) in [4.78, 5) is 12.7. The van der Waals surface area contributed by atoms with Gasteiger partial charge in [-0.1, -0.05) is 54.6 Å². The van der Waals surface area contributed by atoms with Crippen molar-refractivity contribution in [1.29, 1.82) is 0 Å². The maximum absolute atomic E-state index is 12.7. The monoisotopic (exact) mass is 480 g/mol. The van der Waals surface area contributed by atoms with Gasteiger partial charge in [0.15, 0.2) is 17.3 Å². The molecule has 0 spiro atoms. The molecule has 4 aromatic rings. The normalized spacial score (nSPS) is 10.8. The highest BCUT2D eigenvalue weighted by atomic mass is 16.5. The predicted molar refractivity (Wildman–Crippen MR) is 142 cm³/mol. The fourth-order valence-corrected chi connectivity index (χ4v) is 3.81. The zero-order valence-corrected chi connectivity index (χ0v) is 20.6. The van der Waals surface area contributed by atoms with Crippen LogP contribution in [0, 0.1) is 0 Å². The molecule has 0 heterocycles. The maximum Gasteiger partial charge on any atom is 0.185 e. The van der Waals surface area contributed by atoms with Crippen molar-refractivity contribution in [2.45, 2.75) is 6.61 Å². The van der Waals surface area contributed by atoms with E-state index in [1.807, 2.05) is 60.7 Å². The van der Waals surface area contributed by atoms with Crippen LogP contribution in [0.3, 0.4) is 0 Å². The first-order valence-corrected chi connectivity index (χ1v) is 11.5. The molecule has 4 aromatic carbocycles. The lowest BCUT2D eigenvalue weighted by atomic mass is 10.1. The largest absolute Gasteiger partial charge is 0.496 e. The topological polar surface area (TPSA) is 54.0 Å². The molecule has 5 nitrogen and oxygen atoms in total. The van der Waals surface area contributed by atoms with E-state index in [-0.39, 0.29) is 5.78 Å². The molecule has 0 unspecified atom stereocenters. The summed E-state index contributed by atoms with van der Waals surface area (Å²) >= 11 is 0. The Hall–Kier alpha value is -4.51. The third-order valence-electron chi connectivity index (χ3n) is 5.76. The van der Waals surface area contributed by atoms with Crippen molar-refractivity contribution < 1.29 is 23.7 Å². The number of rotatable bonds is 10. The molecule has 0 bridgehead atoms. The lowest BCUT2D eigenvalue weighted by Crippen LogP contribution is -2.00. The van der Waals surface area contributed by atoms with Gasteiger partial charge < -0.3 is 18.9 Å². The van der Waals surface area contributed by atoms with Crippen LogP contribution in [0.5, 0.6) is 23.0 Å². The molecule has 36 heavy (non-hydrogen) atoms. The number of ketones is 1. The smallest absolute Gasteiger partial charge is 0.185 e. The van der Waals surface area contributed by atoms with Crippen molar-refractivity contribution in [1.82, 2.24) is 0 Å². The zero-order valence-electron chi connectivity index (χ0n) is 20.6. The number of carbonyl (C=O) groups excluding carboxylic acids is 1. The van der Waals surface area contributed by atoms with Crippen LogP contribution < -0.4 is 18.9 Å². The Balaban J connectivity index is 1.45. The highest BCUT2D eigenvalue weighted by Gasteiger charge is 2.10. The average molecular weight is 481 g/mol. The first kappa shape index (κ1) is 24.6. The van der Waals surface area contributed by atoms with Crippen LogP contribution in [0.4, 0.5) is 0 Å². The predicted octanol–water partition coefficient (Wildman–Crippen LogP) is 6.85. The highest BCUT2D eigenvalue weighted by molar-refractivity contribution is 6.07. The number of carbonyl (C=O) groups is 1. The van der Waals surface area contributed by atoms with E-state index < -0.39 is 0 Å². The fourth-order valence-electron chi connectivity index (χ4n) is 3.81. The summed E-state index contributed by atoms with van der Waals surface area (Å²) in [6.45, 7) is 0.333. The first-order valence-electron chi connectivity index (χ1n) is 11.5. The minimum Gasteiger partial charge on any atom is -0.496 e. The Kier molecular flexibility index (Phi) is 8.04. The van der Waals surface area contributed by atoms with Crippen LogP contribution in [0.15, 0.2) is 97.1 Å². The van der Waals surface area contributed by atoms with E-state index in [9.17, 15) is 4.79 Å². The SMILES string of the molecule is COc1ccc(/C=C/C(=O)c2ccc(OC)c(OC)c2)cc1COc1ccc(-c2ccccc2)cc1. The number of hydrogen-bond donors (Lipinski definition) is 0. The van der Waals surface area contributed by atoms with Crippen LogP contribution >= 0.6 is 0 Å². The number of methoxy groups -OCH3 is 3. The van der Waals surface area contributed by atoms with Crippen LogP contribution in [0.25, 0.3) is 17.2 Å². The van der Waals surface area contributed by atoms with Crippen LogP contribution in [0.2, 0.25) is 0 Å². The maximum atomic E-state index is 12.7. The van der Waals surface area contributed by atoms with E-state index in [0.717, 1.165) is 33.8 Å². The molecule has 0 aliphatic carbocycles. The molecular formula is C31H28O5. The van der Waals surface area contributed by atoms with Gasteiger partial charge in [0.1, 0.15) is 18.1 Å². The molecule has 5 heteroatoms. The Morgan fingerprint density at radius 3 is 2.06 bits per heavy atom. The summed E-state index contributed by atoms with van der Waals surface area (Å²) in [5, 5.41) is 0. The quantitative estimate of drug-likeness (QED) is 0.183. The van der Waals surface area contributed by atoms with Gasteiger partial charge >= 0.3 is 0 Å². The summed E-state index contributed by atoms with van der Waals surface area (Å²) in [6.07, 6.45) is 3.31. The van der Waals surface area contributed by atoms with Gasteiger partial charge in [0, 0.05) is 11.1 Å². The van der Waals surface area contributed by atoms with E-state index in [4.69, 9.17) is 18.9 Å². The van der Waals surface area contributed by atoms with E-state index in [0.29, 0.717) is 23.7 Å². The van der Waals surface area contributed by atoms with Crippen molar-refractivity contribution >= 4 is 11.9 Å². The summed E-state index contributed by atoms with van der Waals surface area (Å²) in [7, 11) is 4.73. The molecule has 0 saturated carbocycles. The summed E-state index contributed by atoms with van der Waals surface area (Å²) in [5.74, 6) is 2.44. The Morgan fingerprint density at radius 2 is 1.36 bits per heavy atom. The molecule has 0 atom stereocenters.